The minimum absolute atomic E-state index is 0.280. The standard InChI is InChI=1S/C16H28N4O/c1-5-11-21-15-13(17)7-8-14(18-15)20(4)12-16(19(2)3)9-6-10-16/h7-8H,5-6,9-12,17H2,1-4H3. The third kappa shape index (κ3) is 3.40. The van der Waals surface area contributed by atoms with Crippen LogP contribution in [0.5, 0.6) is 5.88 Å². The van der Waals surface area contributed by atoms with Crippen molar-refractivity contribution in [3.63, 3.8) is 0 Å². The van der Waals surface area contributed by atoms with Crippen LogP contribution in [0, 0.1) is 0 Å². The Morgan fingerprint density at radius 3 is 2.52 bits per heavy atom. The van der Waals surface area contributed by atoms with Crippen molar-refractivity contribution in [3.05, 3.63) is 12.1 Å². The van der Waals surface area contributed by atoms with Gasteiger partial charge in [0, 0.05) is 19.1 Å². The summed E-state index contributed by atoms with van der Waals surface area (Å²) in [5, 5.41) is 0. The number of rotatable bonds is 7. The molecule has 1 aromatic heterocycles. The highest BCUT2D eigenvalue weighted by atomic mass is 16.5. The smallest absolute Gasteiger partial charge is 0.239 e. The van der Waals surface area contributed by atoms with E-state index >= 15 is 0 Å². The van der Waals surface area contributed by atoms with Crippen LogP contribution in [0.4, 0.5) is 11.5 Å². The van der Waals surface area contributed by atoms with E-state index in [9.17, 15) is 0 Å². The second-order valence-electron chi connectivity index (χ2n) is 6.24. The van der Waals surface area contributed by atoms with Gasteiger partial charge in [-0.05, 0) is 51.9 Å². The Labute approximate surface area is 128 Å². The number of hydrogen-bond donors (Lipinski definition) is 1. The summed E-state index contributed by atoms with van der Waals surface area (Å²) in [6.45, 7) is 3.69. The molecule has 118 valence electrons. The molecule has 0 radical (unpaired) electrons. The SMILES string of the molecule is CCCOc1nc(N(C)CC2(N(C)C)CCC2)ccc1N. The quantitative estimate of drug-likeness (QED) is 0.836. The van der Waals surface area contributed by atoms with Gasteiger partial charge in [0.15, 0.2) is 0 Å². The van der Waals surface area contributed by atoms with Crippen molar-refractivity contribution in [1.82, 2.24) is 9.88 Å². The Bertz CT molecular complexity index is 471. The molecule has 2 N–H and O–H groups in total. The lowest BCUT2D eigenvalue weighted by molar-refractivity contribution is 0.0681. The summed E-state index contributed by atoms with van der Waals surface area (Å²) >= 11 is 0. The lowest BCUT2D eigenvalue weighted by atomic mass is 9.75. The van der Waals surface area contributed by atoms with Crippen LogP contribution in [0.3, 0.4) is 0 Å². The summed E-state index contributed by atoms with van der Waals surface area (Å²) in [4.78, 5) is 9.12. The van der Waals surface area contributed by atoms with Crippen LogP contribution in [0.1, 0.15) is 32.6 Å². The number of hydrogen-bond acceptors (Lipinski definition) is 5. The predicted molar refractivity (Wildman–Crippen MR) is 88.0 cm³/mol. The monoisotopic (exact) mass is 292 g/mol. The number of aromatic nitrogens is 1. The molecule has 0 bridgehead atoms. The first-order valence-electron chi connectivity index (χ1n) is 7.76. The Kier molecular flexibility index (Phi) is 4.93. The maximum atomic E-state index is 5.93. The van der Waals surface area contributed by atoms with Crippen molar-refractivity contribution in [3.8, 4) is 5.88 Å². The number of ether oxygens (including phenoxy) is 1. The molecule has 5 heteroatoms. The molecule has 1 aromatic rings. The van der Waals surface area contributed by atoms with E-state index in [1.165, 1.54) is 19.3 Å². The lowest BCUT2D eigenvalue weighted by Crippen LogP contribution is -2.56. The molecule has 0 amide bonds. The van der Waals surface area contributed by atoms with Gasteiger partial charge >= 0.3 is 0 Å². The van der Waals surface area contributed by atoms with Gasteiger partial charge in [0.1, 0.15) is 5.82 Å². The van der Waals surface area contributed by atoms with E-state index in [0.29, 0.717) is 18.2 Å². The summed E-state index contributed by atoms with van der Waals surface area (Å²) in [5.74, 6) is 1.47. The number of nitrogen functional groups attached to an aromatic ring is 1. The average Bonchev–Trinajstić information content (AvgIpc) is 2.41. The van der Waals surface area contributed by atoms with E-state index in [0.717, 1.165) is 18.8 Å². The first-order chi connectivity index (χ1) is 9.98. The van der Waals surface area contributed by atoms with Crippen LogP contribution in [0.25, 0.3) is 0 Å². The molecule has 0 spiro atoms. The number of nitrogens with two attached hydrogens (primary N) is 1. The van der Waals surface area contributed by atoms with Crippen LogP contribution >= 0.6 is 0 Å². The minimum atomic E-state index is 0.280. The van der Waals surface area contributed by atoms with E-state index in [1.807, 2.05) is 12.1 Å². The number of pyridine rings is 1. The number of likely N-dealkylation sites (N-methyl/N-ethyl adjacent to an activating group) is 2. The molecule has 0 unspecified atom stereocenters. The maximum Gasteiger partial charge on any atom is 0.239 e. The molecular weight excluding hydrogens is 264 g/mol. The first-order valence-corrected chi connectivity index (χ1v) is 7.76. The summed E-state index contributed by atoms with van der Waals surface area (Å²) in [7, 11) is 6.42. The number of anilines is 2. The molecule has 1 saturated carbocycles. The Balaban J connectivity index is 2.10. The summed E-state index contributed by atoms with van der Waals surface area (Å²) in [6, 6.07) is 3.85. The Morgan fingerprint density at radius 1 is 1.29 bits per heavy atom. The van der Waals surface area contributed by atoms with E-state index in [-0.39, 0.29) is 5.54 Å². The molecule has 1 fully saturated rings. The molecule has 0 atom stereocenters. The minimum Gasteiger partial charge on any atom is -0.476 e. The van der Waals surface area contributed by atoms with Gasteiger partial charge < -0.3 is 20.3 Å². The van der Waals surface area contributed by atoms with E-state index < -0.39 is 0 Å². The summed E-state index contributed by atoms with van der Waals surface area (Å²) in [6.07, 6.45) is 4.76. The second kappa shape index (κ2) is 6.52. The third-order valence-electron chi connectivity index (χ3n) is 4.47. The summed E-state index contributed by atoms with van der Waals surface area (Å²) in [5.41, 5.74) is 6.81. The molecule has 1 aliphatic carbocycles. The van der Waals surface area contributed by atoms with Gasteiger partial charge in [-0.15, -0.1) is 0 Å². The van der Waals surface area contributed by atoms with Gasteiger partial charge in [-0.3, -0.25) is 0 Å². The molecule has 2 rings (SSSR count). The Morgan fingerprint density at radius 2 is 2.00 bits per heavy atom. The zero-order chi connectivity index (χ0) is 15.5. The van der Waals surface area contributed by atoms with E-state index in [1.54, 1.807) is 0 Å². The largest absolute Gasteiger partial charge is 0.476 e. The first kappa shape index (κ1) is 15.9. The van der Waals surface area contributed by atoms with Crippen LogP contribution in [0.2, 0.25) is 0 Å². The molecular formula is C16H28N4O. The topological polar surface area (TPSA) is 54.6 Å². The van der Waals surface area contributed by atoms with Gasteiger partial charge in [-0.2, -0.15) is 4.98 Å². The Hall–Kier alpha value is -1.49. The van der Waals surface area contributed by atoms with Gasteiger partial charge in [-0.25, -0.2) is 0 Å². The predicted octanol–water partition coefficient (Wildman–Crippen LogP) is 2.37. The zero-order valence-corrected chi connectivity index (χ0v) is 13.7. The van der Waals surface area contributed by atoms with Gasteiger partial charge in [0.05, 0.1) is 12.3 Å². The van der Waals surface area contributed by atoms with Crippen molar-refractivity contribution < 1.29 is 4.74 Å². The number of nitrogens with zero attached hydrogens (tertiary/aromatic N) is 3. The van der Waals surface area contributed by atoms with Crippen molar-refractivity contribution in [2.45, 2.75) is 38.1 Å². The second-order valence-corrected chi connectivity index (χ2v) is 6.24. The van der Waals surface area contributed by atoms with Crippen LogP contribution in [-0.4, -0.2) is 49.7 Å². The van der Waals surface area contributed by atoms with Gasteiger partial charge in [-0.1, -0.05) is 6.92 Å². The highest BCUT2D eigenvalue weighted by Gasteiger charge is 2.40. The molecule has 1 heterocycles. The van der Waals surface area contributed by atoms with Gasteiger partial charge in [0.2, 0.25) is 5.88 Å². The van der Waals surface area contributed by atoms with E-state index in [4.69, 9.17) is 10.5 Å². The fourth-order valence-electron chi connectivity index (χ4n) is 2.82. The van der Waals surface area contributed by atoms with Crippen molar-refractivity contribution in [2.75, 3.05) is 44.9 Å². The van der Waals surface area contributed by atoms with E-state index in [2.05, 4.69) is 42.9 Å². The van der Waals surface area contributed by atoms with Crippen LogP contribution < -0.4 is 15.4 Å². The maximum absolute atomic E-state index is 5.93. The van der Waals surface area contributed by atoms with Crippen molar-refractivity contribution >= 4 is 11.5 Å². The molecule has 0 aromatic carbocycles. The molecule has 5 nitrogen and oxygen atoms in total. The van der Waals surface area contributed by atoms with Crippen LogP contribution in [0.15, 0.2) is 12.1 Å². The molecule has 1 aliphatic rings. The zero-order valence-electron chi connectivity index (χ0n) is 13.7. The molecule has 21 heavy (non-hydrogen) atoms. The average molecular weight is 292 g/mol. The normalized spacial score (nSPS) is 16.6. The molecule has 0 saturated heterocycles. The molecule has 0 aliphatic heterocycles. The summed E-state index contributed by atoms with van der Waals surface area (Å²) < 4.78 is 5.62. The third-order valence-corrected chi connectivity index (χ3v) is 4.47. The fourth-order valence-corrected chi connectivity index (χ4v) is 2.82. The van der Waals surface area contributed by atoms with Crippen molar-refractivity contribution in [1.29, 1.82) is 0 Å². The highest BCUT2D eigenvalue weighted by molar-refractivity contribution is 5.54. The highest BCUT2D eigenvalue weighted by Crippen LogP contribution is 2.37. The van der Waals surface area contributed by atoms with Gasteiger partial charge in [0.25, 0.3) is 0 Å². The van der Waals surface area contributed by atoms with Crippen LogP contribution in [-0.2, 0) is 0 Å². The fraction of sp³-hybridized carbons (Fsp3) is 0.688. The van der Waals surface area contributed by atoms with Crippen molar-refractivity contribution in [2.24, 2.45) is 0 Å². The lowest BCUT2D eigenvalue weighted by Gasteiger charge is -2.49.